The summed E-state index contributed by atoms with van der Waals surface area (Å²) in [4.78, 5) is 35.2. The van der Waals surface area contributed by atoms with E-state index in [1.165, 1.54) is 25.7 Å². The maximum atomic E-state index is 13.3. The molecule has 4 rings (SSSR count). The third-order valence-corrected chi connectivity index (χ3v) is 6.78. The van der Waals surface area contributed by atoms with E-state index >= 15 is 0 Å². The van der Waals surface area contributed by atoms with Crippen LogP contribution in [0.3, 0.4) is 0 Å². The Balaban J connectivity index is 1.59. The van der Waals surface area contributed by atoms with Gasteiger partial charge in [-0.3, -0.25) is 4.57 Å². The van der Waals surface area contributed by atoms with E-state index < -0.39 is 5.97 Å². The van der Waals surface area contributed by atoms with Crippen molar-refractivity contribution in [2.75, 3.05) is 18.9 Å². The lowest BCUT2D eigenvalue weighted by molar-refractivity contribution is 0.0491. The molecule has 39 heavy (non-hydrogen) atoms. The summed E-state index contributed by atoms with van der Waals surface area (Å²) in [5.74, 6) is -0.688. The molecule has 0 aliphatic heterocycles. The van der Waals surface area contributed by atoms with Gasteiger partial charge >= 0.3 is 11.9 Å². The maximum absolute atomic E-state index is 13.3. The Morgan fingerprint density at radius 1 is 0.744 bits per heavy atom. The molecule has 0 aliphatic rings. The highest BCUT2D eigenvalue weighted by molar-refractivity contribution is 6.09. The number of unbranched alkanes of at least 4 members (excludes halogenated alkanes) is 7. The normalized spacial score (nSPS) is 11.2. The van der Waals surface area contributed by atoms with E-state index in [9.17, 15) is 9.59 Å². The van der Waals surface area contributed by atoms with Gasteiger partial charge in [0.15, 0.2) is 5.65 Å². The molecular formula is C31H38N4O4. The van der Waals surface area contributed by atoms with Crippen LogP contribution in [0.4, 0.5) is 5.82 Å². The molecule has 2 aromatic carbocycles. The predicted molar refractivity (Wildman–Crippen MR) is 154 cm³/mol. The number of hydrogen-bond acceptors (Lipinski definition) is 7. The van der Waals surface area contributed by atoms with Crippen LogP contribution in [0, 0.1) is 0 Å². The minimum Gasteiger partial charge on any atom is -0.462 e. The maximum Gasteiger partial charge on any atom is 0.344 e. The van der Waals surface area contributed by atoms with Gasteiger partial charge in [0.05, 0.1) is 29.8 Å². The Labute approximate surface area is 229 Å². The van der Waals surface area contributed by atoms with Crippen molar-refractivity contribution in [1.82, 2.24) is 14.5 Å². The van der Waals surface area contributed by atoms with Crippen LogP contribution in [0.5, 0.6) is 0 Å². The number of nitrogens with two attached hydrogens (primary N) is 1. The lowest BCUT2D eigenvalue weighted by Gasteiger charge is -2.09. The first-order valence-electron chi connectivity index (χ1n) is 14.1. The molecule has 8 nitrogen and oxygen atoms in total. The summed E-state index contributed by atoms with van der Waals surface area (Å²) < 4.78 is 12.6. The van der Waals surface area contributed by atoms with Gasteiger partial charge in [-0.2, -0.15) is 0 Å². The average molecular weight is 531 g/mol. The molecule has 206 valence electrons. The van der Waals surface area contributed by atoms with Crippen molar-refractivity contribution in [3.8, 4) is 5.69 Å². The van der Waals surface area contributed by atoms with Gasteiger partial charge in [-0.25, -0.2) is 19.6 Å². The molecular weight excluding hydrogens is 492 g/mol. The number of fused-ring (bicyclic) bond motifs is 2. The van der Waals surface area contributed by atoms with Crippen LogP contribution in [0.15, 0.2) is 48.5 Å². The van der Waals surface area contributed by atoms with Crippen LogP contribution in [0.2, 0.25) is 0 Å². The highest BCUT2D eigenvalue weighted by atomic mass is 16.5. The summed E-state index contributed by atoms with van der Waals surface area (Å²) in [7, 11) is 0. The number of benzene rings is 2. The van der Waals surface area contributed by atoms with Crippen molar-refractivity contribution in [3.05, 3.63) is 59.7 Å². The molecule has 4 aromatic rings. The topological polar surface area (TPSA) is 109 Å². The predicted octanol–water partition coefficient (Wildman–Crippen LogP) is 7.02. The molecule has 0 aliphatic carbocycles. The number of nitrogens with zero attached hydrogens (tertiary/aromatic N) is 3. The van der Waals surface area contributed by atoms with Crippen LogP contribution >= 0.6 is 0 Å². The molecule has 0 fully saturated rings. The molecule has 0 saturated carbocycles. The molecule has 0 bridgehead atoms. The molecule has 8 heteroatoms. The Kier molecular flexibility index (Phi) is 9.89. The molecule has 0 saturated heterocycles. The van der Waals surface area contributed by atoms with Gasteiger partial charge in [0.25, 0.3) is 0 Å². The third-order valence-electron chi connectivity index (χ3n) is 6.78. The summed E-state index contributed by atoms with van der Waals surface area (Å²) in [6.07, 6.45) is 9.68. The van der Waals surface area contributed by atoms with Crippen LogP contribution in [0.25, 0.3) is 27.9 Å². The number of para-hydroxylation sites is 2. The highest BCUT2D eigenvalue weighted by Gasteiger charge is 2.26. The first-order valence-corrected chi connectivity index (χ1v) is 14.1. The van der Waals surface area contributed by atoms with Gasteiger partial charge in [-0.15, -0.1) is 0 Å². The minimum atomic E-state index is -0.511. The van der Waals surface area contributed by atoms with Crippen molar-refractivity contribution in [1.29, 1.82) is 0 Å². The van der Waals surface area contributed by atoms with Crippen molar-refractivity contribution >= 4 is 40.0 Å². The van der Waals surface area contributed by atoms with Crippen molar-refractivity contribution in [3.63, 3.8) is 0 Å². The summed E-state index contributed by atoms with van der Waals surface area (Å²) in [5, 5.41) is 0. The Hall–Kier alpha value is -3.94. The monoisotopic (exact) mass is 530 g/mol. The first kappa shape index (κ1) is 28.1. The fourth-order valence-electron chi connectivity index (χ4n) is 4.56. The smallest absolute Gasteiger partial charge is 0.344 e. The quantitative estimate of drug-likeness (QED) is 0.138. The van der Waals surface area contributed by atoms with Crippen molar-refractivity contribution < 1.29 is 19.1 Å². The van der Waals surface area contributed by atoms with Gasteiger partial charge in [0, 0.05) is 5.69 Å². The van der Waals surface area contributed by atoms with E-state index in [0.717, 1.165) is 32.1 Å². The number of esters is 2. The lowest BCUT2D eigenvalue weighted by Crippen LogP contribution is -2.10. The van der Waals surface area contributed by atoms with E-state index in [2.05, 4.69) is 6.92 Å². The summed E-state index contributed by atoms with van der Waals surface area (Å²) in [6.45, 7) is 4.96. The molecule has 0 unspecified atom stereocenters. The van der Waals surface area contributed by atoms with Gasteiger partial charge in [-0.1, -0.05) is 70.9 Å². The molecule has 2 heterocycles. The fourth-order valence-corrected chi connectivity index (χ4v) is 4.56. The highest BCUT2D eigenvalue weighted by Crippen LogP contribution is 2.31. The fraction of sp³-hybridized carbons (Fsp3) is 0.419. The van der Waals surface area contributed by atoms with Crippen LogP contribution in [-0.4, -0.2) is 39.7 Å². The average Bonchev–Trinajstić information content (AvgIpc) is 3.23. The van der Waals surface area contributed by atoms with E-state index in [-0.39, 0.29) is 17.4 Å². The van der Waals surface area contributed by atoms with Crippen molar-refractivity contribution in [2.24, 2.45) is 0 Å². The van der Waals surface area contributed by atoms with Gasteiger partial charge in [0.1, 0.15) is 16.9 Å². The number of nitrogen functional groups attached to an aromatic ring is 1. The number of rotatable bonds is 14. The molecule has 0 spiro atoms. The van der Waals surface area contributed by atoms with Crippen LogP contribution in [-0.2, 0) is 9.47 Å². The number of anilines is 1. The summed E-state index contributed by atoms with van der Waals surface area (Å²) >= 11 is 0. The van der Waals surface area contributed by atoms with Crippen LogP contribution in [0.1, 0.15) is 92.4 Å². The second kappa shape index (κ2) is 13.7. The standard InChI is InChI=1S/C31H38N4O4/c1-3-5-7-8-9-10-13-21-39-31(37)26-27-29(34-25-15-12-11-14-24(25)33-27)35(28(26)32)23-18-16-22(17-19-23)30(36)38-20-6-4-2/h11-12,14-19H,3-10,13,20-21,32H2,1-2H3. The number of carbonyl (C=O) groups excluding carboxylic acids is 2. The number of hydrogen-bond donors (Lipinski definition) is 1. The number of carbonyl (C=O) groups is 2. The van der Waals surface area contributed by atoms with Crippen molar-refractivity contribution in [2.45, 2.75) is 71.6 Å². The summed E-state index contributed by atoms with van der Waals surface area (Å²) in [5.41, 5.74) is 10.1. The zero-order valence-electron chi connectivity index (χ0n) is 22.9. The number of ether oxygens (including phenoxy) is 2. The van der Waals surface area contributed by atoms with E-state index in [4.69, 9.17) is 25.2 Å². The Morgan fingerprint density at radius 3 is 2.03 bits per heavy atom. The molecule has 0 radical (unpaired) electrons. The summed E-state index contributed by atoms with van der Waals surface area (Å²) in [6, 6.07) is 14.4. The zero-order valence-corrected chi connectivity index (χ0v) is 22.9. The molecule has 0 atom stereocenters. The van der Waals surface area contributed by atoms with Gasteiger partial charge in [0.2, 0.25) is 0 Å². The Bertz CT molecular complexity index is 1410. The first-order chi connectivity index (χ1) is 19.0. The second-order valence-corrected chi connectivity index (χ2v) is 9.77. The zero-order chi connectivity index (χ0) is 27.6. The van der Waals surface area contributed by atoms with E-state index in [1.807, 2.05) is 31.2 Å². The van der Waals surface area contributed by atoms with Gasteiger partial charge < -0.3 is 15.2 Å². The second-order valence-electron chi connectivity index (χ2n) is 9.77. The van der Waals surface area contributed by atoms with E-state index in [1.54, 1.807) is 28.8 Å². The Morgan fingerprint density at radius 2 is 1.33 bits per heavy atom. The molecule has 0 amide bonds. The lowest BCUT2D eigenvalue weighted by atomic mass is 10.1. The minimum absolute atomic E-state index is 0.197. The van der Waals surface area contributed by atoms with E-state index in [0.29, 0.717) is 46.7 Å². The van der Waals surface area contributed by atoms with Gasteiger partial charge in [-0.05, 0) is 49.2 Å². The third kappa shape index (κ3) is 6.74. The number of aromatic nitrogens is 3. The largest absolute Gasteiger partial charge is 0.462 e. The molecule has 2 N–H and O–H groups in total. The van der Waals surface area contributed by atoms with Crippen LogP contribution < -0.4 is 5.73 Å². The SMILES string of the molecule is CCCCCCCCCOC(=O)c1c(N)n(-c2ccc(C(=O)OCCCC)cc2)c2nc3ccccc3nc12. The molecule has 2 aromatic heterocycles.